The Morgan fingerprint density at radius 3 is 2.80 bits per heavy atom. The van der Waals surface area contributed by atoms with E-state index >= 15 is 0 Å². The van der Waals surface area contributed by atoms with Gasteiger partial charge in [0.25, 0.3) is 0 Å². The normalized spacial score (nSPS) is 27.8. The highest BCUT2D eigenvalue weighted by molar-refractivity contribution is 9.10. The average Bonchev–Trinajstić information content (AvgIpc) is 2.63. The molecule has 3 nitrogen and oxygen atoms in total. The van der Waals surface area contributed by atoms with E-state index in [0.717, 1.165) is 41.3 Å². The summed E-state index contributed by atoms with van der Waals surface area (Å²) in [6.45, 7) is 5.07. The van der Waals surface area contributed by atoms with Crippen molar-refractivity contribution >= 4 is 15.9 Å². The van der Waals surface area contributed by atoms with Crippen molar-refractivity contribution in [1.29, 1.82) is 0 Å². The number of rotatable bonds is 2. The van der Waals surface area contributed by atoms with Gasteiger partial charge in [-0.2, -0.15) is 0 Å². The lowest BCUT2D eigenvalue weighted by atomic mass is 10.1. The SMILES string of the molecule is Cc1cc(Br)cc(CN2CCC3CCC(C2)N3C)c1O. The first kappa shape index (κ1) is 14.4. The minimum Gasteiger partial charge on any atom is -0.507 e. The van der Waals surface area contributed by atoms with Crippen LogP contribution in [0.2, 0.25) is 0 Å². The molecule has 110 valence electrons. The predicted molar refractivity (Wildman–Crippen MR) is 85.0 cm³/mol. The molecule has 0 aliphatic carbocycles. The zero-order valence-corrected chi connectivity index (χ0v) is 13.9. The van der Waals surface area contributed by atoms with Crippen LogP contribution in [0.4, 0.5) is 0 Å². The summed E-state index contributed by atoms with van der Waals surface area (Å²) < 4.78 is 1.05. The quantitative estimate of drug-likeness (QED) is 0.897. The number of phenols is 1. The third-order valence-corrected chi connectivity index (χ3v) is 5.43. The van der Waals surface area contributed by atoms with E-state index in [1.54, 1.807) is 0 Å². The number of hydrogen-bond donors (Lipinski definition) is 1. The minimum absolute atomic E-state index is 0.455. The Morgan fingerprint density at radius 1 is 1.25 bits per heavy atom. The van der Waals surface area contributed by atoms with Gasteiger partial charge in [-0.3, -0.25) is 9.80 Å². The molecule has 3 rings (SSSR count). The van der Waals surface area contributed by atoms with Gasteiger partial charge in [0.1, 0.15) is 5.75 Å². The van der Waals surface area contributed by atoms with Crippen LogP contribution in [0.15, 0.2) is 16.6 Å². The summed E-state index contributed by atoms with van der Waals surface area (Å²) in [7, 11) is 2.27. The molecule has 0 saturated carbocycles. The molecule has 1 aromatic rings. The molecule has 0 radical (unpaired) electrons. The van der Waals surface area contributed by atoms with Crippen molar-refractivity contribution in [2.45, 2.75) is 44.8 Å². The topological polar surface area (TPSA) is 26.7 Å². The summed E-state index contributed by atoms with van der Waals surface area (Å²) in [6.07, 6.45) is 3.93. The maximum absolute atomic E-state index is 10.2. The number of likely N-dealkylation sites (tertiary alicyclic amines) is 1. The molecule has 1 N–H and O–H groups in total. The fourth-order valence-corrected chi connectivity index (χ4v) is 4.31. The van der Waals surface area contributed by atoms with Crippen LogP contribution in [0.1, 0.15) is 30.4 Å². The van der Waals surface area contributed by atoms with Gasteiger partial charge >= 0.3 is 0 Å². The van der Waals surface area contributed by atoms with E-state index in [0.29, 0.717) is 11.8 Å². The van der Waals surface area contributed by atoms with E-state index in [1.165, 1.54) is 19.3 Å². The summed E-state index contributed by atoms with van der Waals surface area (Å²) in [6, 6.07) is 5.48. The molecular weight excluding hydrogens is 316 g/mol. The van der Waals surface area contributed by atoms with E-state index < -0.39 is 0 Å². The number of nitrogens with zero attached hydrogens (tertiary/aromatic N) is 2. The Bertz CT molecular complexity index is 505. The van der Waals surface area contributed by atoms with Crippen LogP contribution >= 0.6 is 15.9 Å². The Kier molecular flexibility index (Phi) is 4.07. The van der Waals surface area contributed by atoms with Gasteiger partial charge in [-0.05, 0) is 50.9 Å². The van der Waals surface area contributed by atoms with Crippen LogP contribution in [0.5, 0.6) is 5.75 Å². The van der Waals surface area contributed by atoms with Crippen LogP contribution in [-0.2, 0) is 6.54 Å². The second-order valence-electron chi connectivity index (χ2n) is 6.30. The van der Waals surface area contributed by atoms with Gasteiger partial charge in [0.2, 0.25) is 0 Å². The molecule has 0 spiro atoms. The van der Waals surface area contributed by atoms with Crippen molar-refractivity contribution in [1.82, 2.24) is 9.80 Å². The first-order valence-corrected chi connectivity index (χ1v) is 8.26. The van der Waals surface area contributed by atoms with Crippen LogP contribution in [0.25, 0.3) is 0 Å². The molecular formula is C16H23BrN2O. The number of aryl methyl sites for hydroxylation is 1. The van der Waals surface area contributed by atoms with Gasteiger partial charge in [0.15, 0.2) is 0 Å². The lowest BCUT2D eigenvalue weighted by molar-refractivity contribution is 0.213. The van der Waals surface area contributed by atoms with Crippen LogP contribution < -0.4 is 0 Å². The highest BCUT2D eigenvalue weighted by Crippen LogP contribution is 2.31. The molecule has 4 heteroatoms. The van der Waals surface area contributed by atoms with Gasteiger partial charge in [0, 0.05) is 41.8 Å². The zero-order chi connectivity index (χ0) is 14.3. The van der Waals surface area contributed by atoms with Crippen LogP contribution in [-0.4, -0.2) is 47.1 Å². The minimum atomic E-state index is 0.455. The molecule has 20 heavy (non-hydrogen) atoms. The lowest BCUT2D eigenvalue weighted by Gasteiger charge is -2.26. The fourth-order valence-electron chi connectivity index (χ4n) is 3.69. The van der Waals surface area contributed by atoms with Crippen LogP contribution in [0.3, 0.4) is 0 Å². The number of likely N-dealkylation sites (N-methyl/N-ethyl adjacent to an activating group) is 1. The number of hydrogen-bond acceptors (Lipinski definition) is 3. The molecule has 2 fully saturated rings. The molecule has 1 aromatic carbocycles. The van der Waals surface area contributed by atoms with Crippen molar-refractivity contribution in [2.24, 2.45) is 0 Å². The average molecular weight is 339 g/mol. The standard InChI is InChI=1S/C16H23BrN2O/c1-11-7-13(17)8-12(16(11)20)9-19-6-5-14-3-4-15(10-19)18(14)2/h7-8,14-15,20H,3-6,9-10H2,1-2H3. The van der Waals surface area contributed by atoms with E-state index in [9.17, 15) is 5.11 Å². The molecule has 2 aliphatic rings. The fraction of sp³-hybridized carbons (Fsp3) is 0.625. The molecule has 2 heterocycles. The molecule has 2 aliphatic heterocycles. The molecule has 2 bridgehead atoms. The third-order valence-electron chi connectivity index (χ3n) is 4.97. The Morgan fingerprint density at radius 2 is 2.00 bits per heavy atom. The summed E-state index contributed by atoms with van der Waals surface area (Å²) >= 11 is 3.53. The number of fused-ring (bicyclic) bond motifs is 2. The first-order valence-electron chi connectivity index (χ1n) is 7.47. The van der Waals surface area contributed by atoms with Crippen LogP contribution in [0, 0.1) is 6.92 Å². The molecule has 2 saturated heterocycles. The number of halogens is 1. The van der Waals surface area contributed by atoms with Gasteiger partial charge < -0.3 is 5.11 Å². The number of benzene rings is 1. The predicted octanol–water partition coefficient (Wildman–Crippen LogP) is 3.13. The van der Waals surface area contributed by atoms with Crippen molar-refractivity contribution in [2.75, 3.05) is 20.1 Å². The summed E-state index contributed by atoms with van der Waals surface area (Å²) in [5.41, 5.74) is 1.99. The summed E-state index contributed by atoms with van der Waals surface area (Å²) in [4.78, 5) is 5.06. The molecule has 2 unspecified atom stereocenters. The Labute approximate surface area is 129 Å². The highest BCUT2D eigenvalue weighted by atomic mass is 79.9. The van der Waals surface area contributed by atoms with Crippen molar-refractivity contribution in [3.63, 3.8) is 0 Å². The van der Waals surface area contributed by atoms with Crippen molar-refractivity contribution in [3.8, 4) is 5.75 Å². The van der Waals surface area contributed by atoms with E-state index in [1.807, 2.05) is 13.0 Å². The van der Waals surface area contributed by atoms with Gasteiger partial charge in [-0.25, -0.2) is 0 Å². The smallest absolute Gasteiger partial charge is 0.123 e. The molecule has 2 atom stereocenters. The van der Waals surface area contributed by atoms with Gasteiger partial charge in [-0.15, -0.1) is 0 Å². The van der Waals surface area contributed by atoms with Crippen molar-refractivity contribution < 1.29 is 5.11 Å². The molecule has 0 amide bonds. The second kappa shape index (κ2) is 5.66. The van der Waals surface area contributed by atoms with E-state index in [4.69, 9.17) is 0 Å². The largest absolute Gasteiger partial charge is 0.507 e. The highest BCUT2D eigenvalue weighted by Gasteiger charge is 2.34. The van der Waals surface area contributed by atoms with E-state index in [-0.39, 0.29) is 0 Å². The zero-order valence-electron chi connectivity index (χ0n) is 12.3. The third kappa shape index (κ3) is 2.74. The Balaban J connectivity index is 1.75. The van der Waals surface area contributed by atoms with E-state index in [2.05, 4.69) is 38.8 Å². The number of phenolic OH excluding ortho intramolecular Hbond substituents is 1. The van der Waals surface area contributed by atoms with Crippen molar-refractivity contribution in [3.05, 3.63) is 27.7 Å². The van der Waals surface area contributed by atoms with Gasteiger partial charge in [0.05, 0.1) is 0 Å². The Hall–Kier alpha value is -0.580. The summed E-state index contributed by atoms with van der Waals surface area (Å²) in [5, 5.41) is 10.2. The summed E-state index contributed by atoms with van der Waals surface area (Å²) in [5.74, 6) is 0.455. The first-order chi connectivity index (χ1) is 9.54. The maximum Gasteiger partial charge on any atom is 0.123 e. The lowest BCUT2D eigenvalue weighted by Crippen LogP contribution is -2.36. The second-order valence-corrected chi connectivity index (χ2v) is 7.22. The maximum atomic E-state index is 10.2. The molecule has 0 aromatic heterocycles. The number of aromatic hydroxyl groups is 1. The van der Waals surface area contributed by atoms with Gasteiger partial charge in [-0.1, -0.05) is 15.9 Å². The monoisotopic (exact) mass is 338 g/mol.